The van der Waals surface area contributed by atoms with E-state index in [1.807, 2.05) is 42.6 Å². The number of hydrogen-bond donors (Lipinski definition) is 3. The fourth-order valence-corrected chi connectivity index (χ4v) is 4.25. The van der Waals surface area contributed by atoms with Gasteiger partial charge in [0.2, 0.25) is 0 Å². The first-order valence-electron chi connectivity index (χ1n) is 8.29. The number of rotatable bonds is 6. The number of aromatic nitrogens is 1. The van der Waals surface area contributed by atoms with Crippen molar-refractivity contribution in [1.29, 1.82) is 0 Å². The zero-order valence-corrected chi connectivity index (χ0v) is 16.7. The summed E-state index contributed by atoms with van der Waals surface area (Å²) in [5.41, 5.74) is 0.965. The van der Waals surface area contributed by atoms with Crippen molar-refractivity contribution in [2.75, 3.05) is 32.6 Å². The molecule has 3 N–H and O–H groups in total. The van der Waals surface area contributed by atoms with E-state index in [1.54, 1.807) is 29.7 Å². The maximum absolute atomic E-state index is 10.5. The molecule has 0 saturated carbocycles. The van der Waals surface area contributed by atoms with Gasteiger partial charge in [-0.25, -0.2) is 4.98 Å². The Morgan fingerprint density at radius 1 is 1.31 bits per heavy atom. The Morgan fingerprint density at radius 3 is 2.81 bits per heavy atom. The van der Waals surface area contributed by atoms with E-state index in [1.165, 1.54) is 4.70 Å². The lowest BCUT2D eigenvalue weighted by Gasteiger charge is -2.14. The highest BCUT2D eigenvalue weighted by molar-refractivity contribution is 7.19. The molecule has 6 nitrogen and oxygen atoms in total. The minimum absolute atomic E-state index is 0.395. The number of thiazole rings is 1. The van der Waals surface area contributed by atoms with Gasteiger partial charge >= 0.3 is 0 Å². The number of nitrogens with one attached hydrogen (secondary N) is 2. The third-order valence-electron chi connectivity index (χ3n) is 3.82. The minimum Gasteiger partial charge on any atom is -0.386 e. The Hall–Kier alpha value is -2.16. The van der Waals surface area contributed by atoms with Crippen LogP contribution in [0.5, 0.6) is 0 Å². The fourth-order valence-electron chi connectivity index (χ4n) is 2.44. The molecule has 26 heavy (non-hydrogen) atoms. The summed E-state index contributed by atoms with van der Waals surface area (Å²) < 4.78 is 1.18. The van der Waals surface area contributed by atoms with Crippen molar-refractivity contribution in [3.63, 3.8) is 0 Å². The Bertz CT molecular complexity index is 853. The van der Waals surface area contributed by atoms with Gasteiger partial charge in [-0.2, -0.15) is 0 Å². The van der Waals surface area contributed by atoms with E-state index >= 15 is 0 Å². The number of thiophene rings is 1. The van der Waals surface area contributed by atoms with Crippen LogP contribution < -0.4 is 15.5 Å². The monoisotopic (exact) mass is 389 g/mol. The zero-order chi connectivity index (χ0) is 18.5. The van der Waals surface area contributed by atoms with Crippen LogP contribution in [-0.2, 0) is 6.54 Å². The number of benzene rings is 1. The van der Waals surface area contributed by atoms with Crippen molar-refractivity contribution >= 4 is 43.9 Å². The van der Waals surface area contributed by atoms with E-state index in [9.17, 15) is 5.11 Å². The molecule has 0 radical (unpaired) electrons. The van der Waals surface area contributed by atoms with Gasteiger partial charge < -0.3 is 20.6 Å². The molecular formula is C18H23N5OS2. The molecule has 0 saturated heterocycles. The molecule has 1 aromatic carbocycles. The maximum atomic E-state index is 10.5. The van der Waals surface area contributed by atoms with Crippen LogP contribution in [0.2, 0.25) is 0 Å². The second kappa shape index (κ2) is 8.48. The lowest BCUT2D eigenvalue weighted by molar-refractivity contribution is 0.184. The number of nitrogens with zero attached hydrogens (tertiary/aromatic N) is 3. The molecule has 3 aromatic rings. The van der Waals surface area contributed by atoms with Crippen molar-refractivity contribution in [2.45, 2.75) is 12.6 Å². The summed E-state index contributed by atoms with van der Waals surface area (Å²) >= 11 is 3.23. The summed E-state index contributed by atoms with van der Waals surface area (Å²) in [4.78, 5) is 11.7. The van der Waals surface area contributed by atoms with Crippen LogP contribution in [0.4, 0.5) is 5.13 Å². The van der Waals surface area contributed by atoms with Gasteiger partial charge in [0.1, 0.15) is 6.10 Å². The standard InChI is InChI=1S/C18H23N5OS2/c1-19-17(20-9-13-11-25-18(22-13)23(2)3)21-10-14(24)16-8-12-6-4-5-7-15(12)26-16/h4-8,11,14,24H,9-10H2,1-3H3,(H2,19,20,21). The molecule has 0 spiro atoms. The van der Waals surface area contributed by atoms with Gasteiger partial charge in [0.25, 0.3) is 0 Å². The topological polar surface area (TPSA) is 72.8 Å². The number of anilines is 1. The Balaban J connectivity index is 1.53. The normalized spacial score (nSPS) is 13.0. The lowest BCUT2D eigenvalue weighted by atomic mass is 10.2. The van der Waals surface area contributed by atoms with Crippen LogP contribution >= 0.6 is 22.7 Å². The van der Waals surface area contributed by atoms with Gasteiger partial charge in [-0.1, -0.05) is 18.2 Å². The van der Waals surface area contributed by atoms with Gasteiger partial charge in [0, 0.05) is 42.6 Å². The second-order valence-electron chi connectivity index (χ2n) is 6.02. The molecule has 0 aliphatic carbocycles. The first kappa shape index (κ1) is 18.6. The molecule has 2 heterocycles. The highest BCUT2D eigenvalue weighted by Crippen LogP contribution is 2.29. The number of guanidine groups is 1. The molecule has 0 aliphatic heterocycles. The van der Waals surface area contributed by atoms with Crippen LogP contribution in [-0.4, -0.2) is 43.7 Å². The van der Waals surface area contributed by atoms with Gasteiger partial charge in [0.05, 0.1) is 12.2 Å². The zero-order valence-electron chi connectivity index (χ0n) is 15.1. The molecule has 0 aliphatic rings. The molecule has 1 unspecified atom stereocenters. The smallest absolute Gasteiger partial charge is 0.191 e. The number of aliphatic hydroxyl groups excluding tert-OH is 1. The van der Waals surface area contributed by atoms with Crippen LogP contribution in [0, 0.1) is 0 Å². The van der Waals surface area contributed by atoms with Crippen LogP contribution in [0.3, 0.4) is 0 Å². The van der Waals surface area contributed by atoms with Crippen molar-refractivity contribution < 1.29 is 5.11 Å². The molecule has 138 valence electrons. The predicted molar refractivity (Wildman–Crippen MR) is 111 cm³/mol. The predicted octanol–water partition coefficient (Wildman–Crippen LogP) is 2.82. The Morgan fingerprint density at radius 2 is 2.12 bits per heavy atom. The highest BCUT2D eigenvalue weighted by atomic mass is 32.1. The minimum atomic E-state index is -0.578. The molecule has 0 bridgehead atoms. The van der Waals surface area contributed by atoms with Crippen molar-refractivity contribution in [1.82, 2.24) is 15.6 Å². The summed E-state index contributed by atoms with van der Waals surface area (Å²) in [6.45, 7) is 0.982. The number of hydrogen-bond acceptors (Lipinski definition) is 6. The SMILES string of the molecule is CN=C(NCc1csc(N(C)C)n1)NCC(O)c1cc2ccccc2s1. The van der Waals surface area contributed by atoms with E-state index in [4.69, 9.17) is 0 Å². The number of aliphatic hydroxyl groups is 1. The van der Waals surface area contributed by atoms with Gasteiger partial charge in [-0.3, -0.25) is 4.99 Å². The van der Waals surface area contributed by atoms with Gasteiger partial charge in [-0.15, -0.1) is 22.7 Å². The Labute approximate surface area is 161 Å². The fraction of sp³-hybridized carbons (Fsp3) is 0.333. The van der Waals surface area contributed by atoms with E-state index in [0.29, 0.717) is 19.0 Å². The molecule has 1 atom stereocenters. The van der Waals surface area contributed by atoms with E-state index < -0.39 is 6.10 Å². The van der Waals surface area contributed by atoms with Crippen molar-refractivity contribution in [2.24, 2.45) is 4.99 Å². The molecule has 3 rings (SSSR count). The molecule has 0 fully saturated rings. The lowest BCUT2D eigenvalue weighted by Crippen LogP contribution is -2.39. The molecular weight excluding hydrogens is 366 g/mol. The third-order valence-corrected chi connectivity index (χ3v) is 6.09. The number of aliphatic imine (C=N–C) groups is 1. The quantitative estimate of drug-likeness (QED) is 0.447. The van der Waals surface area contributed by atoms with E-state index in [2.05, 4.69) is 32.7 Å². The van der Waals surface area contributed by atoms with E-state index in [-0.39, 0.29) is 0 Å². The average molecular weight is 390 g/mol. The van der Waals surface area contributed by atoms with Crippen molar-refractivity contribution in [3.05, 3.63) is 46.3 Å². The summed E-state index contributed by atoms with van der Waals surface area (Å²) in [5, 5.41) is 21.0. The summed E-state index contributed by atoms with van der Waals surface area (Å²) in [5.74, 6) is 0.643. The van der Waals surface area contributed by atoms with E-state index in [0.717, 1.165) is 21.1 Å². The molecule has 2 aromatic heterocycles. The van der Waals surface area contributed by atoms with Gasteiger partial charge in [-0.05, 0) is 17.5 Å². The largest absolute Gasteiger partial charge is 0.386 e. The maximum Gasteiger partial charge on any atom is 0.191 e. The van der Waals surface area contributed by atoms with Crippen LogP contribution in [0.25, 0.3) is 10.1 Å². The summed E-state index contributed by atoms with van der Waals surface area (Å²) in [7, 11) is 5.67. The highest BCUT2D eigenvalue weighted by Gasteiger charge is 2.12. The first-order valence-corrected chi connectivity index (χ1v) is 9.99. The Kier molecular flexibility index (Phi) is 6.08. The first-order chi connectivity index (χ1) is 12.6. The second-order valence-corrected chi connectivity index (χ2v) is 7.98. The third kappa shape index (κ3) is 4.51. The summed E-state index contributed by atoms with van der Waals surface area (Å²) in [6, 6.07) is 10.2. The van der Waals surface area contributed by atoms with Crippen LogP contribution in [0.1, 0.15) is 16.7 Å². The van der Waals surface area contributed by atoms with Crippen LogP contribution in [0.15, 0.2) is 40.7 Å². The molecule has 0 amide bonds. The summed E-state index contributed by atoms with van der Waals surface area (Å²) in [6.07, 6.45) is -0.578. The van der Waals surface area contributed by atoms with Crippen molar-refractivity contribution in [3.8, 4) is 0 Å². The average Bonchev–Trinajstić information content (AvgIpc) is 3.28. The molecule has 8 heteroatoms. The van der Waals surface area contributed by atoms with Gasteiger partial charge in [0.15, 0.2) is 11.1 Å². The number of fused-ring (bicyclic) bond motifs is 1.